The standard InChI is InChI=1S/C10H14N2O2S2/c1-15-7-5-9-8(3-2-4-12-9)10(6-7)16(11,13)14/h5-6,12H,2-4H2,1H3,(H2,11,13,14). The number of nitrogens with one attached hydrogen (secondary N) is 1. The van der Waals surface area contributed by atoms with E-state index >= 15 is 0 Å². The summed E-state index contributed by atoms with van der Waals surface area (Å²) in [6.45, 7) is 0.884. The van der Waals surface area contributed by atoms with Gasteiger partial charge in [0.1, 0.15) is 0 Å². The molecule has 4 nitrogen and oxygen atoms in total. The molecule has 1 aromatic rings. The van der Waals surface area contributed by atoms with Crippen LogP contribution >= 0.6 is 11.8 Å². The van der Waals surface area contributed by atoms with E-state index in [1.54, 1.807) is 6.07 Å². The molecule has 0 aliphatic carbocycles. The van der Waals surface area contributed by atoms with Gasteiger partial charge in [-0.05, 0) is 36.8 Å². The number of primary sulfonamides is 1. The summed E-state index contributed by atoms with van der Waals surface area (Å²) in [6, 6.07) is 3.64. The number of rotatable bonds is 2. The lowest BCUT2D eigenvalue weighted by atomic mass is 10.0. The first kappa shape index (κ1) is 11.8. The van der Waals surface area contributed by atoms with Crippen LogP contribution < -0.4 is 10.5 Å². The Hall–Kier alpha value is -0.720. The third-order valence-electron chi connectivity index (χ3n) is 2.64. The molecule has 1 aliphatic heterocycles. The minimum absolute atomic E-state index is 0.265. The van der Waals surface area contributed by atoms with Gasteiger partial charge in [-0.3, -0.25) is 0 Å². The molecule has 1 aromatic carbocycles. The third-order valence-corrected chi connectivity index (χ3v) is 4.33. The molecule has 0 saturated carbocycles. The van der Waals surface area contributed by atoms with Crippen LogP contribution in [0.25, 0.3) is 0 Å². The van der Waals surface area contributed by atoms with Gasteiger partial charge in [0.15, 0.2) is 0 Å². The van der Waals surface area contributed by atoms with Gasteiger partial charge in [0.05, 0.1) is 4.90 Å². The Kier molecular flexibility index (Phi) is 3.14. The van der Waals surface area contributed by atoms with Crippen molar-refractivity contribution < 1.29 is 8.42 Å². The zero-order valence-corrected chi connectivity index (χ0v) is 10.6. The Morgan fingerprint density at radius 3 is 2.81 bits per heavy atom. The summed E-state index contributed by atoms with van der Waals surface area (Å²) in [5.74, 6) is 0. The summed E-state index contributed by atoms with van der Waals surface area (Å²) in [5.41, 5.74) is 1.73. The molecule has 0 amide bonds. The Bertz CT molecular complexity index is 512. The van der Waals surface area contributed by atoms with Crippen molar-refractivity contribution >= 4 is 27.5 Å². The van der Waals surface area contributed by atoms with Crippen molar-refractivity contribution in [3.8, 4) is 0 Å². The lowest BCUT2D eigenvalue weighted by Crippen LogP contribution is -2.19. The molecule has 2 rings (SSSR count). The molecule has 0 aromatic heterocycles. The molecular weight excluding hydrogens is 244 g/mol. The first-order chi connectivity index (χ1) is 7.52. The van der Waals surface area contributed by atoms with Gasteiger partial charge in [-0.15, -0.1) is 11.8 Å². The molecule has 88 valence electrons. The molecule has 1 heterocycles. The molecule has 0 spiro atoms. The van der Waals surface area contributed by atoms with E-state index in [4.69, 9.17) is 5.14 Å². The van der Waals surface area contributed by atoms with Gasteiger partial charge in [0, 0.05) is 17.1 Å². The van der Waals surface area contributed by atoms with Gasteiger partial charge >= 0.3 is 0 Å². The maximum Gasteiger partial charge on any atom is 0.238 e. The summed E-state index contributed by atoms with van der Waals surface area (Å²) < 4.78 is 23.0. The maximum absolute atomic E-state index is 11.5. The molecule has 6 heteroatoms. The van der Waals surface area contributed by atoms with Gasteiger partial charge in [0.2, 0.25) is 10.0 Å². The van der Waals surface area contributed by atoms with Crippen LogP contribution in [-0.2, 0) is 16.4 Å². The Labute approximate surface area is 99.7 Å². The number of anilines is 1. The Morgan fingerprint density at radius 2 is 2.19 bits per heavy atom. The lowest BCUT2D eigenvalue weighted by molar-refractivity contribution is 0.595. The van der Waals surface area contributed by atoms with E-state index in [2.05, 4.69) is 5.32 Å². The molecule has 16 heavy (non-hydrogen) atoms. The number of fused-ring (bicyclic) bond motifs is 1. The summed E-state index contributed by atoms with van der Waals surface area (Å²) in [6.07, 6.45) is 3.62. The molecule has 1 aliphatic rings. The summed E-state index contributed by atoms with van der Waals surface area (Å²) in [5, 5.41) is 8.46. The Balaban J connectivity index is 2.66. The first-order valence-electron chi connectivity index (χ1n) is 5.00. The number of hydrogen-bond donors (Lipinski definition) is 2. The van der Waals surface area contributed by atoms with Crippen molar-refractivity contribution in [2.24, 2.45) is 5.14 Å². The van der Waals surface area contributed by atoms with E-state index in [0.717, 1.165) is 35.5 Å². The van der Waals surface area contributed by atoms with E-state index in [1.165, 1.54) is 11.8 Å². The van der Waals surface area contributed by atoms with Gasteiger partial charge in [0.25, 0.3) is 0 Å². The zero-order chi connectivity index (χ0) is 11.8. The second kappa shape index (κ2) is 4.27. The van der Waals surface area contributed by atoms with E-state index < -0.39 is 10.0 Å². The average molecular weight is 258 g/mol. The van der Waals surface area contributed by atoms with Crippen molar-refractivity contribution in [1.29, 1.82) is 0 Å². The van der Waals surface area contributed by atoms with E-state index in [0.29, 0.717) is 0 Å². The third kappa shape index (κ3) is 2.18. The molecule has 0 radical (unpaired) electrons. The van der Waals surface area contributed by atoms with Crippen molar-refractivity contribution in [3.05, 3.63) is 17.7 Å². The maximum atomic E-state index is 11.5. The van der Waals surface area contributed by atoms with Crippen molar-refractivity contribution in [1.82, 2.24) is 0 Å². The number of benzene rings is 1. The Morgan fingerprint density at radius 1 is 1.44 bits per heavy atom. The van der Waals surface area contributed by atoms with Crippen LogP contribution in [0.2, 0.25) is 0 Å². The van der Waals surface area contributed by atoms with Gasteiger partial charge < -0.3 is 5.32 Å². The number of thioether (sulfide) groups is 1. The second-order valence-electron chi connectivity index (χ2n) is 3.73. The summed E-state index contributed by atoms with van der Waals surface area (Å²) in [4.78, 5) is 1.18. The number of nitrogens with two attached hydrogens (primary N) is 1. The number of hydrogen-bond acceptors (Lipinski definition) is 4. The fourth-order valence-electron chi connectivity index (χ4n) is 1.90. The normalized spacial score (nSPS) is 15.4. The fourth-order valence-corrected chi connectivity index (χ4v) is 3.29. The average Bonchev–Trinajstić information content (AvgIpc) is 2.26. The summed E-state index contributed by atoms with van der Waals surface area (Å²) in [7, 11) is -3.63. The zero-order valence-electron chi connectivity index (χ0n) is 8.99. The van der Waals surface area contributed by atoms with Crippen LogP contribution in [0.15, 0.2) is 21.9 Å². The fraction of sp³-hybridized carbons (Fsp3) is 0.400. The summed E-state index contributed by atoms with van der Waals surface area (Å²) >= 11 is 1.51. The van der Waals surface area contributed by atoms with Gasteiger partial charge in [-0.1, -0.05) is 0 Å². The van der Waals surface area contributed by atoms with Crippen molar-refractivity contribution in [2.45, 2.75) is 22.6 Å². The van der Waals surface area contributed by atoms with Crippen LogP contribution in [0.5, 0.6) is 0 Å². The highest BCUT2D eigenvalue weighted by Gasteiger charge is 2.20. The van der Waals surface area contributed by atoms with Crippen LogP contribution in [0.1, 0.15) is 12.0 Å². The monoisotopic (exact) mass is 258 g/mol. The highest BCUT2D eigenvalue weighted by atomic mass is 32.2. The first-order valence-corrected chi connectivity index (χ1v) is 7.77. The molecular formula is C10H14N2O2S2. The lowest BCUT2D eigenvalue weighted by Gasteiger charge is -2.21. The van der Waals surface area contributed by atoms with Crippen LogP contribution in [0, 0.1) is 0 Å². The topological polar surface area (TPSA) is 72.2 Å². The van der Waals surface area contributed by atoms with Crippen LogP contribution in [-0.4, -0.2) is 21.2 Å². The highest BCUT2D eigenvalue weighted by Crippen LogP contribution is 2.32. The van der Waals surface area contributed by atoms with E-state index in [9.17, 15) is 8.42 Å². The van der Waals surface area contributed by atoms with Crippen LogP contribution in [0.4, 0.5) is 5.69 Å². The van der Waals surface area contributed by atoms with Gasteiger partial charge in [-0.25, -0.2) is 13.6 Å². The minimum atomic E-state index is -3.63. The van der Waals surface area contributed by atoms with E-state index in [-0.39, 0.29) is 4.90 Å². The molecule has 0 fully saturated rings. The second-order valence-corrected chi connectivity index (χ2v) is 6.14. The minimum Gasteiger partial charge on any atom is -0.385 e. The molecule has 0 bridgehead atoms. The van der Waals surface area contributed by atoms with Crippen LogP contribution in [0.3, 0.4) is 0 Å². The smallest absolute Gasteiger partial charge is 0.238 e. The quantitative estimate of drug-likeness (QED) is 0.787. The molecule has 3 N–H and O–H groups in total. The predicted octanol–water partition coefficient (Wildman–Crippen LogP) is 1.41. The number of sulfonamides is 1. The van der Waals surface area contributed by atoms with E-state index in [1.807, 2.05) is 12.3 Å². The largest absolute Gasteiger partial charge is 0.385 e. The molecule has 0 atom stereocenters. The molecule has 0 unspecified atom stereocenters. The molecule has 0 saturated heterocycles. The van der Waals surface area contributed by atoms with Crippen molar-refractivity contribution in [3.63, 3.8) is 0 Å². The predicted molar refractivity (Wildman–Crippen MR) is 66.4 cm³/mol. The highest BCUT2D eigenvalue weighted by molar-refractivity contribution is 7.98. The van der Waals surface area contributed by atoms with Gasteiger partial charge in [-0.2, -0.15) is 0 Å². The SMILES string of the molecule is CSc1cc2c(c(S(N)(=O)=O)c1)CCCN2. The van der Waals surface area contributed by atoms with Crippen molar-refractivity contribution in [2.75, 3.05) is 18.1 Å².